The van der Waals surface area contributed by atoms with E-state index in [1.807, 2.05) is 13.0 Å². The Bertz CT molecular complexity index is 635. The normalized spacial score (nSPS) is 11.7. The molecule has 2 aromatic rings. The molecule has 0 aromatic heterocycles. The minimum Gasteiger partial charge on any atom is -0.508 e. The molecule has 21 heavy (non-hydrogen) atoms. The molecule has 2 rings (SSSR count). The number of amides is 1. The van der Waals surface area contributed by atoms with E-state index in [2.05, 4.69) is 10.6 Å². The van der Waals surface area contributed by atoms with Gasteiger partial charge in [0.25, 0.3) is 5.91 Å². The number of nitrogens with one attached hydrogen (secondary N) is 2. The van der Waals surface area contributed by atoms with Crippen LogP contribution in [-0.4, -0.2) is 23.2 Å². The van der Waals surface area contributed by atoms with E-state index in [0.29, 0.717) is 5.56 Å². The maximum absolute atomic E-state index is 11.6. The SMILES string of the molecule is CNC(=O)c1cccc(NC(C)c2cc(O)cc(O)c2)c1. The van der Waals surface area contributed by atoms with Crippen LogP contribution < -0.4 is 10.6 Å². The Hall–Kier alpha value is -2.69. The van der Waals surface area contributed by atoms with Crippen LogP contribution in [0.1, 0.15) is 28.9 Å². The molecule has 0 radical (unpaired) electrons. The van der Waals surface area contributed by atoms with Gasteiger partial charge in [0.1, 0.15) is 11.5 Å². The molecular formula is C16H18N2O3. The van der Waals surface area contributed by atoms with E-state index in [-0.39, 0.29) is 23.4 Å². The maximum Gasteiger partial charge on any atom is 0.251 e. The lowest BCUT2D eigenvalue weighted by Gasteiger charge is -2.17. The average molecular weight is 286 g/mol. The molecular weight excluding hydrogens is 268 g/mol. The number of rotatable bonds is 4. The summed E-state index contributed by atoms with van der Waals surface area (Å²) in [4.78, 5) is 11.6. The molecule has 5 nitrogen and oxygen atoms in total. The average Bonchev–Trinajstić information content (AvgIpc) is 2.45. The summed E-state index contributed by atoms with van der Waals surface area (Å²) in [5, 5.41) is 24.8. The number of carbonyl (C=O) groups excluding carboxylic acids is 1. The first-order valence-corrected chi connectivity index (χ1v) is 6.61. The second-order valence-electron chi connectivity index (χ2n) is 4.81. The fraction of sp³-hybridized carbons (Fsp3) is 0.188. The second kappa shape index (κ2) is 6.17. The zero-order chi connectivity index (χ0) is 15.4. The molecule has 0 saturated heterocycles. The second-order valence-corrected chi connectivity index (χ2v) is 4.81. The Kier molecular flexibility index (Phi) is 4.33. The molecule has 0 aliphatic carbocycles. The van der Waals surface area contributed by atoms with E-state index in [1.165, 1.54) is 6.07 Å². The molecule has 0 fully saturated rings. The van der Waals surface area contributed by atoms with Crippen molar-refractivity contribution < 1.29 is 15.0 Å². The van der Waals surface area contributed by atoms with E-state index < -0.39 is 0 Å². The van der Waals surface area contributed by atoms with Crippen LogP contribution in [0.2, 0.25) is 0 Å². The molecule has 0 bridgehead atoms. The van der Waals surface area contributed by atoms with Crippen molar-refractivity contribution in [3.8, 4) is 11.5 Å². The summed E-state index contributed by atoms with van der Waals surface area (Å²) >= 11 is 0. The Labute approximate surface area is 123 Å². The number of phenolic OH excluding ortho intramolecular Hbond substituents is 2. The zero-order valence-electron chi connectivity index (χ0n) is 11.9. The van der Waals surface area contributed by atoms with Gasteiger partial charge in [0, 0.05) is 30.4 Å². The fourth-order valence-corrected chi connectivity index (χ4v) is 2.10. The molecule has 4 N–H and O–H groups in total. The van der Waals surface area contributed by atoms with Gasteiger partial charge in [-0.15, -0.1) is 0 Å². The lowest BCUT2D eigenvalue weighted by Crippen LogP contribution is -2.18. The van der Waals surface area contributed by atoms with Crippen LogP contribution in [0.5, 0.6) is 11.5 Å². The highest BCUT2D eigenvalue weighted by Crippen LogP contribution is 2.27. The summed E-state index contributed by atoms with van der Waals surface area (Å²) in [7, 11) is 1.58. The van der Waals surface area contributed by atoms with Crippen molar-refractivity contribution in [2.45, 2.75) is 13.0 Å². The van der Waals surface area contributed by atoms with Gasteiger partial charge in [-0.2, -0.15) is 0 Å². The molecule has 110 valence electrons. The minimum absolute atomic E-state index is 0.0118. The largest absolute Gasteiger partial charge is 0.508 e. The van der Waals surface area contributed by atoms with E-state index in [4.69, 9.17) is 0 Å². The van der Waals surface area contributed by atoms with Gasteiger partial charge >= 0.3 is 0 Å². The molecule has 1 unspecified atom stereocenters. The van der Waals surface area contributed by atoms with Crippen molar-refractivity contribution >= 4 is 11.6 Å². The zero-order valence-corrected chi connectivity index (χ0v) is 11.9. The number of benzene rings is 2. The molecule has 1 amide bonds. The number of aromatic hydroxyl groups is 2. The summed E-state index contributed by atoms with van der Waals surface area (Å²) in [5.41, 5.74) is 2.10. The lowest BCUT2D eigenvalue weighted by atomic mass is 10.1. The first kappa shape index (κ1) is 14.7. The number of phenols is 2. The van der Waals surface area contributed by atoms with Gasteiger partial charge in [-0.3, -0.25) is 4.79 Å². The van der Waals surface area contributed by atoms with Gasteiger partial charge in [0.05, 0.1) is 0 Å². The van der Waals surface area contributed by atoms with Crippen LogP contribution in [0, 0.1) is 0 Å². The van der Waals surface area contributed by atoms with E-state index in [1.54, 1.807) is 37.4 Å². The molecule has 2 aromatic carbocycles. The molecule has 5 heteroatoms. The van der Waals surface area contributed by atoms with E-state index in [0.717, 1.165) is 11.3 Å². The van der Waals surface area contributed by atoms with Crippen LogP contribution in [0.4, 0.5) is 5.69 Å². The van der Waals surface area contributed by atoms with Gasteiger partial charge in [0.2, 0.25) is 0 Å². The van der Waals surface area contributed by atoms with Crippen molar-refractivity contribution in [1.29, 1.82) is 0 Å². The quantitative estimate of drug-likeness (QED) is 0.696. The van der Waals surface area contributed by atoms with Crippen molar-refractivity contribution in [3.63, 3.8) is 0 Å². The molecule has 0 aliphatic heterocycles. The van der Waals surface area contributed by atoms with E-state index >= 15 is 0 Å². The highest BCUT2D eigenvalue weighted by atomic mass is 16.3. The maximum atomic E-state index is 11.6. The number of hydrogen-bond donors (Lipinski definition) is 4. The van der Waals surface area contributed by atoms with Gasteiger partial charge in [-0.25, -0.2) is 0 Å². The van der Waals surface area contributed by atoms with Gasteiger partial charge in [0.15, 0.2) is 0 Å². The Morgan fingerprint density at radius 1 is 1.10 bits per heavy atom. The standard InChI is InChI=1S/C16H18N2O3/c1-10(12-7-14(19)9-15(20)8-12)18-13-5-3-4-11(6-13)16(21)17-2/h3-10,18-20H,1-2H3,(H,17,21). The topological polar surface area (TPSA) is 81.6 Å². The minimum atomic E-state index is -0.152. The first-order valence-electron chi connectivity index (χ1n) is 6.61. The highest BCUT2D eigenvalue weighted by molar-refractivity contribution is 5.94. The van der Waals surface area contributed by atoms with Crippen LogP contribution in [0.25, 0.3) is 0 Å². The summed E-state index contributed by atoms with van der Waals surface area (Å²) in [5.74, 6) is -0.128. The van der Waals surface area contributed by atoms with Crippen LogP contribution in [0.15, 0.2) is 42.5 Å². The molecule has 0 saturated carbocycles. The third kappa shape index (κ3) is 3.66. The Balaban J connectivity index is 2.19. The van der Waals surface area contributed by atoms with Crippen molar-refractivity contribution in [2.24, 2.45) is 0 Å². The monoisotopic (exact) mass is 286 g/mol. The van der Waals surface area contributed by atoms with Crippen molar-refractivity contribution in [3.05, 3.63) is 53.6 Å². The lowest BCUT2D eigenvalue weighted by molar-refractivity contribution is 0.0963. The molecule has 0 heterocycles. The van der Waals surface area contributed by atoms with Gasteiger partial charge in [-0.05, 0) is 42.8 Å². The molecule has 0 spiro atoms. The fourth-order valence-electron chi connectivity index (χ4n) is 2.10. The number of carbonyl (C=O) groups is 1. The molecule has 0 aliphatic rings. The Morgan fingerprint density at radius 3 is 2.38 bits per heavy atom. The van der Waals surface area contributed by atoms with Gasteiger partial charge < -0.3 is 20.8 Å². The smallest absolute Gasteiger partial charge is 0.251 e. The first-order chi connectivity index (χ1) is 9.99. The molecule has 1 atom stereocenters. The summed E-state index contributed by atoms with van der Waals surface area (Å²) in [6.07, 6.45) is 0. The summed E-state index contributed by atoms with van der Waals surface area (Å²) in [6, 6.07) is 11.4. The van der Waals surface area contributed by atoms with Gasteiger partial charge in [-0.1, -0.05) is 6.07 Å². The van der Waals surface area contributed by atoms with Crippen molar-refractivity contribution in [2.75, 3.05) is 12.4 Å². The third-order valence-electron chi connectivity index (χ3n) is 3.16. The van der Waals surface area contributed by atoms with E-state index in [9.17, 15) is 15.0 Å². The number of anilines is 1. The predicted molar refractivity (Wildman–Crippen MR) is 81.6 cm³/mol. The highest BCUT2D eigenvalue weighted by Gasteiger charge is 2.09. The van der Waals surface area contributed by atoms with Crippen LogP contribution in [0.3, 0.4) is 0 Å². The van der Waals surface area contributed by atoms with Crippen LogP contribution in [-0.2, 0) is 0 Å². The Morgan fingerprint density at radius 2 is 1.76 bits per heavy atom. The van der Waals surface area contributed by atoms with Crippen molar-refractivity contribution in [1.82, 2.24) is 5.32 Å². The summed E-state index contributed by atoms with van der Waals surface area (Å²) in [6.45, 7) is 1.90. The summed E-state index contributed by atoms with van der Waals surface area (Å²) < 4.78 is 0. The predicted octanol–water partition coefficient (Wildman–Crippen LogP) is 2.63. The third-order valence-corrected chi connectivity index (χ3v) is 3.16. The number of hydrogen-bond acceptors (Lipinski definition) is 4. The van der Waals surface area contributed by atoms with Crippen LogP contribution >= 0.6 is 0 Å².